The van der Waals surface area contributed by atoms with Crippen molar-refractivity contribution in [2.45, 2.75) is 32.7 Å². The molecule has 0 spiro atoms. The second kappa shape index (κ2) is 5.15. The van der Waals surface area contributed by atoms with Crippen LogP contribution >= 0.6 is 0 Å². The monoisotopic (exact) mass is 325 g/mol. The van der Waals surface area contributed by atoms with Crippen LogP contribution in [0.25, 0.3) is 11.1 Å². The fraction of sp³-hybridized carbons (Fsp3) is 0.400. The largest absolute Gasteiger partial charge is 0.507 e. The van der Waals surface area contributed by atoms with Gasteiger partial charge in [0.05, 0.1) is 7.11 Å². The molecule has 126 valence electrons. The zero-order valence-corrected chi connectivity index (χ0v) is 14.6. The van der Waals surface area contributed by atoms with E-state index < -0.39 is 0 Å². The average molecular weight is 325 g/mol. The summed E-state index contributed by atoms with van der Waals surface area (Å²) in [6.45, 7) is 4.86. The molecule has 1 heterocycles. The van der Waals surface area contributed by atoms with E-state index in [4.69, 9.17) is 4.74 Å². The SMILES string of the molecule is COc1c(O)cc2c3c1-c1cc(C)c(O)c(C)c1CC3N(C)CC2. The highest BCUT2D eigenvalue weighted by atomic mass is 16.5. The van der Waals surface area contributed by atoms with Crippen LogP contribution in [0.1, 0.15) is 33.9 Å². The number of aryl methyl sites for hydroxylation is 1. The standard InChI is InChI=1S/C20H23NO3/c1-10-7-14-13(11(2)19(10)23)9-15-17-12(5-6-21(15)3)8-16(22)20(24-4)18(14)17/h7-8,15,22-23H,5-6,9H2,1-4H3. The van der Waals surface area contributed by atoms with Crippen molar-refractivity contribution in [3.8, 4) is 28.4 Å². The van der Waals surface area contributed by atoms with Gasteiger partial charge in [0.1, 0.15) is 5.75 Å². The van der Waals surface area contributed by atoms with Crippen LogP contribution in [-0.4, -0.2) is 35.8 Å². The Morgan fingerprint density at radius 1 is 1.21 bits per heavy atom. The fourth-order valence-corrected chi connectivity index (χ4v) is 4.40. The molecule has 2 N–H and O–H groups in total. The molecule has 0 bridgehead atoms. The molecule has 2 aromatic rings. The molecule has 1 aliphatic carbocycles. The van der Waals surface area contributed by atoms with Gasteiger partial charge in [0.15, 0.2) is 11.5 Å². The molecule has 1 atom stereocenters. The van der Waals surface area contributed by atoms with Gasteiger partial charge in [0, 0.05) is 18.2 Å². The topological polar surface area (TPSA) is 52.9 Å². The van der Waals surface area contributed by atoms with E-state index in [0.29, 0.717) is 11.5 Å². The second-order valence-electron chi connectivity index (χ2n) is 7.02. The first-order valence-electron chi connectivity index (χ1n) is 8.39. The Balaban J connectivity index is 2.13. The van der Waals surface area contributed by atoms with Crippen molar-refractivity contribution in [1.82, 2.24) is 4.90 Å². The third-order valence-corrected chi connectivity index (χ3v) is 5.72. The minimum atomic E-state index is 0.200. The van der Waals surface area contributed by atoms with Gasteiger partial charge in [-0.25, -0.2) is 0 Å². The Morgan fingerprint density at radius 2 is 1.96 bits per heavy atom. The van der Waals surface area contributed by atoms with Crippen molar-refractivity contribution >= 4 is 0 Å². The lowest BCUT2D eigenvalue weighted by atomic mass is 9.75. The molecule has 2 aromatic carbocycles. The molecule has 0 saturated heterocycles. The minimum absolute atomic E-state index is 0.200. The van der Waals surface area contributed by atoms with E-state index in [1.165, 1.54) is 11.1 Å². The summed E-state index contributed by atoms with van der Waals surface area (Å²) in [4.78, 5) is 2.36. The Morgan fingerprint density at radius 3 is 2.67 bits per heavy atom. The van der Waals surface area contributed by atoms with Crippen LogP contribution in [-0.2, 0) is 12.8 Å². The first kappa shape index (κ1) is 15.3. The highest BCUT2D eigenvalue weighted by molar-refractivity contribution is 5.85. The van der Waals surface area contributed by atoms with E-state index in [9.17, 15) is 10.2 Å². The summed E-state index contributed by atoms with van der Waals surface area (Å²) >= 11 is 0. The maximum absolute atomic E-state index is 10.5. The third kappa shape index (κ3) is 1.89. The number of fused-ring (bicyclic) bond motifs is 2. The van der Waals surface area contributed by atoms with E-state index in [1.54, 1.807) is 7.11 Å². The molecule has 24 heavy (non-hydrogen) atoms. The lowest BCUT2D eigenvalue weighted by molar-refractivity contribution is 0.226. The number of hydrogen-bond acceptors (Lipinski definition) is 4. The lowest BCUT2D eigenvalue weighted by Gasteiger charge is -2.41. The number of nitrogens with zero attached hydrogens (tertiary/aromatic N) is 1. The van der Waals surface area contributed by atoms with Crippen LogP contribution in [0.5, 0.6) is 17.2 Å². The predicted molar refractivity (Wildman–Crippen MR) is 94.0 cm³/mol. The summed E-state index contributed by atoms with van der Waals surface area (Å²) in [7, 11) is 3.75. The molecular weight excluding hydrogens is 302 g/mol. The summed E-state index contributed by atoms with van der Waals surface area (Å²) in [5.41, 5.74) is 7.50. The van der Waals surface area contributed by atoms with Crippen molar-refractivity contribution < 1.29 is 14.9 Å². The Hall–Kier alpha value is -2.20. The van der Waals surface area contributed by atoms with Gasteiger partial charge in [0.25, 0.3) is 0 Å². The number of phenols is 2. The van der Waals surface area contributed by atoms with E-state index in [0.717, 1.165) is 47.2 Å². The van der Waals surface area contributed by atoms with Crippen LogP contribution in [0, 0.1) is 13.8 Å². The van der Waals surface area contributed by atoms with Crippen molar-refractivity contribution in [3.63, 3.8) is 0 Å². The van der Waals surface area contributed by atoms with Crippen molar-refractivity contribution in [2.75, 3.05) is 20.7 Å². The van der Waals surface area contributed by atoms with Gasteiger partial charge in [-0.3, -0.25) is 4.90 Å². The number of ether oxygens (including phenoxy) is 1. The first-order chi connectivity index (χ1) is 11.4. The highest BCUT2D eigenvalue weighted by Crippen LogP contribution is 2.53. The normalized spacial score (nSPS) is 18.9. The van der Waals surface area contributed by atoms with E-state index in [-0.39, 0.29) is 11.8 Å². The van der Waals surface area contributed by atoms with Gasteiger partial charge in [-0.1, -0.05) is 0 Å². The first-order valence-corrected chi connectivity index (χ1v) is 8.39. The third-order valence-electron chi connectivity index (χ3n) is 5.72. The highest BCUT2D eigenvalue weighted by Gasteiger charge is 2.37. The van der Waals surface area contributed by atoms with Crippen molar-refractivity contribution in [2.24, 2.45) is 0 Å². The fourth-order valence-electron chi connectivity index (χ4n) is 4.40. The second-order valence-corrected chi connectivity index (χ2v) is 7.02. The minimum Gasteiger partial charge on any atom is -0.507 e. The molecule has 0 fully saturated rings. The number of rotatable bonds is 1. The quantitative estimate of drug-likeness (QED) is 0.843. The number of aromatic hydroxyl groups is 2. The molecule has 1 unspecified atom stereocenters. The van der Waals surface area contributed by atoms with E-state index >= 15 is 0 Å². The summed E-state index contributed by atoms with van der Waals surface area (Å²) in [5.74, 6) is 1.11. The molecule has 2 aliphatic rings. The number of benzene rings is 2. The molecule has 4 heteroatoms. The molecule has 0 radical (unpaired) electrons. The Kier molecular flexibility index (Phi) is 3.29. The smallest absolute Gasteiger partial charge is 0.168 e. The van der Waals surface area contributed by atoms with Crippen molar-refractivity contribution in [1.29, 1.82) is 0 Å². The maximum Gasteiger partial charge on any atom is 0.168 e. The molecular formula is C20H23NO3. The molecule has 0 aromatic heterocycles. The van der Waals surface area contributed by atoms with Crippen LogP contribution < -0.4 is 4.74 Å². The van der Waals surface area contributed by atoms with Gasteiger partial charge >= 0.3 is 0 Å². The summed E-state index contributed by atoms with van der Waals surface area (Å²) in [6, 6.07) is 4.15. The van der Waals surface area contributed by atoms with E-state index in [2.05, 4.69) is 11.9 Å². The summed E-state index contributed by atoms with van der Waals surface area (Å²) in [5, 5.41) is 20.9. The number of likely N-dealkylation sites (N-methyl/N-ethyl adjacent to an activating group) is 1. The Labute approximate surface area is 142 Å². The predicted octanol–water partition coefficient (Wildman–Crippen LogP) is 3.48. The van der Waals surface area contributed by atoms with Crippen LogP contribution in [0.15, 0.2) is 12.1 Å². The van der Waals surface area contributed by atoms with Crippen molar-refractivity contribution in [3.05, 3.63) is 39.9 Å². The zero-order valence-electron chi connectivity index (χ0n) is 14.6. The van der Waals surface area contributed by atoms with Gasteiger partial charge in [-0.05, 0) is 79.3 Å². The lowest BCUT2D eigenvalue weighted by Crippen LogP contribution is -2.36. The van der Waals surface area contributed by atoms with Crippen LogP contribution in [0.2, 0.25) is 0 Å². The molecule has 4 nitrogen and oxygen atoms in total. The number of phenolic OH excluding ortho intramolecular Hbond substituents is 2. The van der Waals surface area contributed by atoms with Gasteiger partial charge in [0.2, 0.25) is 0 Å². The summed E-state index contributed by atoms with van der Waals surface area (Å²) in [6.07, 6.45) is 1.80. The zero-order chi connectivity index (χ0) is 17.2. The van der Waals surface area contributed by atoms with Gasteiger partial charge in [-0.15, -0.1) is 0 Å². The maximum atomic E-state index is 10.5. The van der Waals surface area contributed by atoms with Gasteiger partial charge < -0.3 is 14.9 Å². The average Bonchev–Trinajstić information content (AvgIpc) is 2.56. The van der Waals surface area contributed by atoms with Gasteiger partial charge in [-0.2, -0.15) is 0 Å². The van der Waals surface area contributed by atoms with Crippen LogP contribution in [0.4, 0.5) is 0 Å². The van der Waals surface area contributed by atoms with E-state index in [1.807, 2.05) is 26.0 Å². The molecule has 1 aliphatic heterocycles. The Bertz CT molecular complexity index is 857. The molecule has 4 rings (SSSR count). The number of methoxy groups -OCH3 is 1. The summed E-state index contributed by atoms with van der Waals surface area (Å²) < 4.78 is 5.59. The molecule has 0 saturated carbocycles. The molecule has 0 amide bonds. The van der Waals surface area contributed by atoms with Crippen LogP contribution in [0.3, 0.4) is 0 Å². The number of hydrogen-bond donors (Lipinski definition) is 2.